The van der Waals surface area contributed by atoms with Crippen LogP contribution in [0.5, 0.6) is 0 Å². The van der Waals surface area contributed by atoms with Crippen molar-refractivity contribution in [2.45, 2.75) is 73.8 Å². The summed E-state index contributed by atoms with van der Waals surface area (Å²) in [5, 5.41) is 3.69. The molecule has 0 saturated carbocycles. The SMILES string of the molecule is CCNC(CC(C)C(C)(C)C)C(CC)CC. The second-order valence-corrected chi connectivity index (χ2v) is 6.24. The topological polar surface area (TPSA) is 12.0 Å². The van der Waals surface area contributed by atoms with Gasteiger partial charge in [-0.05, 0) is 30.2 Å². The molecule has 0 aliphatic heterocycles. The van der Waals surface area contributed by atoms with Crippen molar-refractivity contribution in [1.82, 2.24) is 5.32 Å². The lowest BCUT2D eigenvalue weighted by Crippen LogP contribution is -2.39. The number of rotatable bonds is 7. The molecule has 1 heteroatoms. The first-order valence-corrected chi connectivity index (χ1v) is 7.10. The van der Waals surface area contributed by atoms with Crippen LogP contribution in [0.2, 0.25) is 0 Å². The Hall–Kier alpha value is -0.0400. The maximum atomic E-state index is 3.69. The number of nitrogens with one attached hydrogen (secondary N) is 1. The van der Waals surface area contributed by atoms with Gasteiger partial charge in [-0.25, -0.2) is 0 Å². The van der Waals surface area contributed by atoms with Gasteiger partial charge in [0.1, 0.15) is 0 Å². The van der Waals surface area contributed by atoms with Crippen LogP contribution in [-0.4, -0.2) is 12.6 Å². The van der Waals surface area contributed by atoms with Crippen molar-refractivity contribution in [3.05, 3.63) is 0 Å². The molecule has 0 aromatic carbocycles. The maximum Gasteiger partial charge on any atom is 0.00977 e. The molecule has 0 fully saturated rings. The van der Waals surface area contributed by atoms with Crippen molar-refractivity contribution in [3.8, 4) is 0 Å². The average Bonchev–Trinajstić information content (AvgIpc) is 2.18. The van der Waals surface area contributed by atoms with Gasteiger partial charge in [-0.15, -0.1) is 0 Å². The zero-order chi connectivity index (χ0) is 12.8. The maximum absolute atomic E-state index is 3.69. The van der Waals surface area contributed by atoms with Crippen LogP contribution in [0.25, 0.3) is 0 Å². The smallest absolute Gasteiger partial charge is 0.00977 e. The van der Waals surface area contributed by atoms with Gasteiger partial charge in [0.25, 0.3) is 0 Å². The lowest BCUT2D eigenvalue weighted by molar-refractivity contribution is 0.193. The third kappa shape index (κ3) is 5.34. The number of hydrogen-bond acceptors (Lipinski definition) is 1. The Balaban J connectivity index is 4.43. The molecular weight excluding hydrogens is 194 g/mol. The highest BCUT2D eigenvalue weighted by molar-refractivity contribution is 4.80. The first kappa shape index (κ1) is 16.0. The van der Waals surface area contributed by atoms with E-state index in [4.69, 9.17) is 0 Å². The van der Waals surface area contributed by atoms with Crippen molar-refractivity contribution in [2.75, 3.05) is 6.54 Å². The quantitative estimate of drug-likeness (QED) is 0.676. The Morgan fingerprint density at radius 3 is 1.81 bits per heavy atom. The minimum atomic E-state index is 0.430. The first-order valence-electron chi connectivity index (χ1n) is 7.10. The van der Waals surface area contributed by atoms with Gasteiger partial charge in [0, 0.05) is 6.04 Å². The predicted molar refractivity (Wildman–Crippen MR) is 74.8 cm³/mol. The molecule has 0 aromatic rings. The largest absolute Gasteiger partial charge is 0.314 e. The Labute approximate surface area is 103 Å². The Kier molecular flexibility index (Phi) is 7.30. The monoisotopic (exact) mass is 227 g/mol. The Morgan fingerprint density at radius 1 is 1.00 bits per heavy atom. The molecule has 1 nitrogen and oxygen atoms in total. The molecule has 0 saturated heterocycles. The summed E-state index contributed by atoms with van der Waals surface area (Å²) in [6, 6.07) is 0.703. The Morgan fingerprint density at radius 2 is 1.50 bits per heavy atom. The van der Waals surface area contributed by atoms with Crippen molar-refractivity contribution in [3.63, 3.8) is 0 Å². The normalized spacial score (nSPS) is 16.5. The molecular formula is C15H33N. The zero-order valence-electron chi connectivity index (χ0n) is 12.6. The fourth-order valence-electron chi connectivity index (χ4n) is 2.30. The molecule has 2 atom stereocenters. The molecule has 98 valence electrons. The molecule has 1 N–H and O–H groups in total. The second-order valence-electron chi connectivity index (χ2n) is 6.24. The van der Waals surface area contributed by atoms with E-state index in [0.29, 0.717) is 11.5 Å². The van der Waals surface area contributed by atoms with E-state index in [0.717, 1.165) is 18.4 Å². The van der Waals surface area contributed by atoms with Crippen LogP contribution in [0.3, 0.4) is 0 Å². The standard InChI is InChI=1S/C15H33N/c1-8-13(9-2)14(16-10-3)11-12(4)15(5,6)7/h12-14,16H,8-11H2,1-7H3. The molecule has 2 unspecified atom stereocenters. The van der Waals surface area contributed by atoms with E-state index in [1.54, 1.807) is 0 Å². The van der Waals surface area contributed by atoms with E-state index in [1.807, 2.05) is 0 Å². The van der Waals surface area contributed by atoms with Crippen LogP contribution in [0.15, 0.2) is 0 Å². The summed E-state index contributed by atoms with van der Waals surface area (Å²) in [6.07, 6.45) is 3.90. The first-order chi connectivity index (χ1) is 7.36. The van der Waals surface area contributed by atoms with Crippen LogP contribution < -0.4 is 5.32 Å². The van der Waals surface area contributed by atoms with Crippen LogP contribution >= 0.6 is 0 Å². The van der Waals surface area contributed by atoms with Crippen LogP contribution in [0, 0.1) is 17.3 Å². The summed E-state index contributed by atoms with van der Waals surface area (Å²) in [5.41, 5.74) is 0.430. The summed E-state index contributed by atoms with van der Waals surface area (Å²) in [4.78, 5) is 0. The van der Waals surface area contributed by atoms with Crippen LogP contribution in [-0.2, 0) is 0 Å². The van der Waals surface area contributed by atoms with E-state index in [9.17, 15) is 0 Å². The minimum Gasteiger partial charge on any atom is -0.314 e. The molecule has 0 radical (unpaired) electrons. The van der Waals surface area contributed by atoms with E-state index < -0.39 is 0 Å². The fourth-order valence-corrected chi connectivity index (χ4v) is 2.30. The second kappa shape index (κ2) is 7.32. The third-order valence-electron chi connectivity index (χ3n) is 4.17. The summed E-state index contributed by atoms with van der Waals surface area (Å²) in [6.45, 7) is 17.4. The van der Waals surface area contributed by atoms with E-state index in [-0.39, 0.29) is 0 Å². The van der Waals surface area contributed by atoms with E-state index >= 15 is 0 Å². The highest BCUT2D eigenvalue weighted by Crippen LogP contribution is 2.31. The van der Waals surface area contributed by atoms with Crippen LogP contribution in [0.4, 0.5) is 0 Å². The van der Waals surface area contributed by atoms with Gasteiger partial charge in [0.2, 0.25) is 0 Å². The van der Waals surface area contributed by atoms with Gasteiger partial charge in [-0.1, -0.05) is 61.3 Å². The molecule has 0 bridgehead atoms. The molecule has 0 aliphatic rings. The molecule has 16 heavy (non-hydrogen) atoms. The van der Waals surface area contributed by atoms with Crippen molar-refractivity contribution in [1.29, 1.82) is 0 Å². The van der Waals surface area contributed by atoms with E-state index in [2.05, 4.69) is 53.8 Å². The summed E-state index contributed by atoms with van der Waals surface area (Å²) >= 11 is 0. The van der Waals surface area contributed by atoms with Gasteiger partial charge in [0.05, 0.1) is 0 Å². The summed E-state index contributed by atoms with van der Waals surface area (Å²) in [7, 11) is 0. The lowest BCUT2D eigenvalue weighted by atomic mass is 9.76. The van der Waals surface area contributed by atoms with Gasteiger partial charge in [0.15, 0.2) is 0 Å². The molecule has 0 aliphatic carbocycles. The van der Waals surface area contributed by atoms with Crippen molar-refractivity contribution < 1.29 is 0 Å². The third-order valence-corrected chi connectivity index (χ3v) is 4.17. The van der Waals surface area contributed by atoms with Crippen LogP contribution in [0.1, 0.15) is 67.7 Å². The zero-order valence-corrected chi connectivity index (χ0v) is 12.6. The number of hydrogen-bond donors (Lipinski definition) is 1. The minimum absolute atomic E-state index is 0.430. The average molecular weight is 227 g/mol. The Bertz CT molecular complexity index is 165. The highest BCUT2D eigenvalue weighted by Gasteiger charge is 2.26. The molecule has 0 heterocycles. The molecule has 0 rings (SSSR count). The summed E-state index contributed by atoms with van der Waals surface area (Å²) in [5.74, 6) is 1.61. The van der Waals surface area contributed by atoms with E-state index in [1.165, 1.54) is 19.3 Å². The molecule has 0 aromatic heterocycles. The predicted octanol–water partition coefficient (Wildman–Crippen LogP) is 4.47. The lowest BCUT2D eigenvalue weighted by Gasteiger charge is -2.34. The molecule has 0 amide bonds. The highest BCUT2D eigenvalue weighted by atomic mass is 14.9. The van der Waals surface area contributed by atoms with Gasteiger partial charge >= 0.3 is 0 Å². The van der Waals surface area contributed by atoms with Gasteiger partial charge in [-0.2, -0.15) is 0 Å². The van der Waals surface area contributed by atoms with Crippen molar-refractivity contribution in [2.24, 2.45) is 17.3 Å². The summed E-state index contributed by atoms with van der Waals surface area (Å²) < 4.78 is 0. The van der Waals surface area contributed by atoms with Crippen molar-refractivity contribution >= 4 is 0 Å². The molecule has 0 spiro atoms. The van der Waals surface area contributed by atoms with Gasteiger partial charge < -0.3 is 5.32 Å². The van der Waals surface area contributed by atoms with Gasteiger partial charge in [-0.3, -0.25) is 0 Å². The fraction of sp³-hybridized carbons (Fsp3) is 1.00.